The fraction of sp³-hybridized carbons (Fsp3) is 0. The molecule has 1 aromatic carbocycles. The standard InChI is InChI=1S/C6H5.2ClH.Pd/c1-2-4-6-5-3-1;;;/h1-5H;2*1H;/q-1;;;+2/p-2. The van der Waals surface area contributed by atoms with Crippen molar-refractivity contribution in [3.8, 4) is 0 Å². The van der Waals surface area contributed by atoms with Crippen molar-refractivity contribution in [3.05, 3.63) is 36.4 Å². The van der Waals surface area contributed by atoms with Crippen molar-refractivity contribution in [2.75, 3.05) is 0 Å². The van der Waals surface area contributed by atoms with Crippen LogP contribution in [-0.4, -0.2) is 0 Å². The minimum Gasteiger partial charge on any atom is -0.184 e. The third kappa shape index (κ3) is 8.46. The summed E-state index contributed by atoms with van der Waals surface area (Å²) in [6, 6.07) is 12.5. The summed E-state index contributed by atoms with van der Waals surface area (Å²) in [7, 11) is 9.63. The van der Waals surface area contributed by atoms with E-state index in [9.17, 15) is 0 Å². The Balaban J connectivity index is 0.000000187. The Morgan fingerprint density at radius 3 is 1.56 bits per heavy atom. The van der Waals surface area contributed by atoms with E-state index in [1.54, 1.807) is 0 Å². The van der Waals surface area contributed by atoms with Gasteiger partial charge >= 0.3 is 35.0 Å². The van der Waals surface area contributed by atoms with Gasteiger partial charge in [-0.2, -0.15) is 36.4 Å². The largest absolute Gasteiger partial charge is 0.184 e. The van der Waals surface area contributed by atoms with E-state index in [0.29, 0.717) is 0 Å². The van der Waals surface area contributed by atoms with E-state index in [2.05, 4.69) is 6.07 Å². The molecule has 0 saturated carbocycles. The molecule has 0 saturated heterocycles. The molecule has 3 heteroatoms. The van der Waals surface area contributed by atoms with E-state index in [1.165, 1.54) is 0 Å². The summed E-state index contributed by atoms with van der Waals surface area (Å²) in [6.45, 7) is 0. The maximum absolute atomic E-state index is 4.81. The van der Waals surface area contributed by atoms with Crippen molar-refractivity contribution in [3.63, 3.8) is 0 Å². The molecule has 0 atom stereocenters. The smallest absolute Gasteiger partial charge is 0.171 e. The predicted octanol–water partition coefficient (Wildman–Crippen LogP) is 2.86. The van der Waals surface area contributed by atoms with Gasteiger partial charge in [0.1, 0.15) is 0 Å². The zero-order valence-electron chi connectivity index (χ0n) is 4.46. The molecule has 1 aromatic rings. The molecule has 9 heavy (non-hydrogen) atoms. The molecule has 0 nitrogen and oxygen atoms in total. The third-order valence-electron chi connectivity index (χ3n) is 0.607. The molecule has 0 fully saturated rings. The van der Waals surface area contributed by atoms with Crippen LogP contribution in [0.15, 0.2) is 30.3 Å². The monoisotopic (exact) mass is 253 g/mol. The van der Waals surface area contributed by atoms with Gasteiger partial charge in [0, 0.05) is 0 Å². The van der Waals surface area contributed by atoms with Gasteiger partial charge in [0.2, 0.25) is 0 Å². The summed E-state index contributed by atoms with van der Waals surface area (Å²) < 4.78 is 0. The second-order valence-corrected chi connectivity index (χ2v) is 3.48. The Morgan fingerprint density at radius 1 is 1.00 bits per heavy atom. The summed E-state index contributed by atoms with van der Waals surface area (Å²) in [5, 5.41) is 0. The molecule has 0 radical (unpaired) electrons. The van der Waals surface area contributed by atoms with Gasteiger partial charge in [-0.05, 0) is 0 Å². The first-order valence-corrected chi connectivity index (χ1v) is 6.15. The fourth-order valence-electron chi connectivity index (χ4n) is 0.342. The first-order valence-electron chi connectivity index (χ1n) is 2.15. The van der Waals surface area contributed by atoms with E-state index in [0.717, 1.165) is 0 Å². The number of hydrogen-bond donors (Lipinski definition) is 0. The van der Waals surface area contributed by atoms with Gasteiger partial charge in [-0.1, -0.05) is 0 Å². The van der Waals surface area contributed by atoms with Gasteiger partial charge in [0.15, 0.2) is 0 Å². The van der Waals surface area contributed by atoms with Gasteiger partial charge in [-0.25, -0.2) is 0 Å². The van der Waals surface area contributed by atoms with Gasteiger partial charge in [-0.15, -0.1) is 0 Å². The van der Waals surface area contributed by atoms with E-state index < -0.39 is 0 Å². The molecular weight excluding hydrogens is 249 g/mol. The first-order chi connectivity index (χ1) is 4.41. The van der Waals surface area contributed by atoms with Crippen LogP contribution < -0.4 is 0 Å². The maximum atomic E-state index is 4.81. The fourth-order valence-corrected chi connectivity index (χ4v) is 0.342. The van der Waals surface area contributed by atoms with Crippen LogP contribution >= 0.6 is 19.1 Å². The molecule has 1 rings (SSSR count). The molecule has 0 aromatic heterocycles. The quantitative estimate of drug-likeness (QED) is 0.493. The normalized spacial score (nSPS) is 7.78. The molecular formula is C6H5Cl2Pd-. The zero-order chi connectivity index (χ0) is 6.95. The molecule has 0 unspecified atom stereocenters. The Labute approximate surface area is 71.3 Å². The molecule has 0 aliphatic heterocycles. The molecule has 54 valence electrons. The van der Waals surface area contributed by atoms with Gasteiger partial charge < -0.3 is 0 Å². The molecule has 0 aliphatic rings. The zero-order valence-corrected chi connectivity index (χ0v) is 7.53. The average molecular weight is 254 g/mol. The molecule has 0 amide bonds. The van der Waals surface area contributed by atoms with Crippen LogP contribution in [0.3, 0.4) is 0 Å². The van der Waals surface area contributed by atoms with Crippen LogP contribution in [0.5, 0.6) is 0 Å². The van der Waals surface area contributed by atoms with Crippen LogP contribution in [-0.2, 0) is 15.9 Å². The molecule has 0 aliphatic carbocycles. The Morgan fingerprint density at radius 2 is 1.44 bits per heavy atom. The van der Waals surface area contributed by atoms with E-state index in [4.69, 9.17) is 19.1 Å². The Kier molecular flexibility index (Phi) is 8.90. The minimum atomic E-state index is -0.106. The van der Waals surface area contributed by atoms with Crippen molar-refractivity contribution >= 4 is 19.1 Å². The summed E-state index contributed by atoms with van der Waals surface area (Å²) in [6.07, 6.45) is 0. The second kappa shape index (κ2) is 8.46. The first kappa shape index (κ1) is 9.46. The van der Waals surface area contributed by atoms with Crippen LogP contribution in [0.1, 0.15) is 0 Å². The maximum Gasteiger partial charge on any atom is -0.171 e. The summed E-state index contributed by atoms with van der Waals surface area (Å²) in [5.74, 6) is 0. The van der Waals surface area contributed by atoms with Crippen molar-refractivity contribution in [1.82, 2.24) is 0 Å². The van der Waals surface area contributed by atoms with E-state index in [-0.39, 0.29) is 15.9 Å². The molecule has 0 spiro atoms. The number of rotatable bonds is 0. The van der Waals surface area contributed by atoms with Crippen LogP contribution in [0, 0.1) is 6.07 Å². The third-order valence-corrected chi connectivity index (χ3v) is 0.607. The molecule has 0 heterocycles. The van der Waals surface area contributed by atoms with E-state index >= 15 is 0 Å². The predicted molar refractivity (Wildman–Crippen MR) is 37.0 cm³/mol. The van der Waals surface area contributed by atoms with E-state index in [1.807, 2.05) is 30.3 Å². The van der Waals surface area contributed by atoms with Crippen LogP contribution in [0.25, 0.3) is 0 Å². The summed E-state index contributed by atoms with van der Waals surface area (Å²) in [4.78, 5) is 0. The Hall–Kier alpha value is 0.462. The number of halogens is 2. The van der Waals surface area contributed by atoms with Crippen molar-refractivity contribution in [2.45, 2.75) is 0 Å². The van der Waals surface area contributed by atoms with Crippen molar-refractivity contribution < 1.29 is 15.9 Å². The Bertz CT molecular complexity index is 93.9. The van der Waals surface area contributed by atoms with Crippen molar-refractivity contribution in [2.24, 2.45) is 0 Å². The molecule has 0 bridgehead atoms. The topological polar surface area (TPSA) is 0 Å². The van der Waals surface area contributed by atoms with Gasteiger partial charge in [0.25, 0.3) is 0 Å². The second-order valence-electron chi connectivity index (χ2n) is 1.12. The summed E-state index contributed by atoms with van der Waals surface area (Å²) in [5.41, 5.74) is 0. The number of hydrogen-bond acceptors (Lipinski definition) is 0. The average Bonchev–Trinajstić information content (AvgIpc) is 1.93. The number of benzene rings is 1. The summed E-state index contributed by atoms with van der Waals surface area (Å²) >= 11 is -0.106. The minimum absolute atomic E-state index is 0.106. The van der Waals surface area contributed by atoms with Crippen LogP contribution in [0.2, 0.25) is 0 Å². The van der Waals surface area contributed by atoms with Gasteiger partial charge in [-0.3, -0.25) is 0 Å². The van der Waals surface area contributed by atoms with Crippen molar-refractivity contribution in [1.29, 1.82) is 0 Å². The SMILES string of the molecule is [Cl][Pd][Cl].[c-]1ccccc1. The van der Waals surface area contributed by atoms with Crippen LogP contribution in [0.4, 0.5) is 0 Å². The van der Waals surface area contributed by atoms with Gasteiger partial charge in [0.05, 0.1) is 0 Å². The molecule has 0 N–H and O–H groups in total.